The van der Waals surface area contributed by atoms with Crippen molar-refractivity contribution in [1.82, 2.24) is 5.32 Å². The third-order valence-electron chi connectivity index (χ3n) is 6.45. The lowest BCUT2D eigenvalue weighted by molar-refractivity contribution is -0.274. The molecule has 0 spiro atoms. The van der Waals surface area contributed by atoms with Crippen LogP contribution >= 0.6 is 23.1 Å². The first-order chi connectivity index (χ1) is 17.4. The van der Waals surface area contributed by atoms with E-state index in [-0.39, 0.29) is 21.6 Å². The number of benzene rings is 2. The minimum atomic E-state index is -4.88. The van der Waals surface area contributed by atoms with Gasteiger partial charge in [0.05, 0.1) is 4.91 Å². The number of nitrogens with one attached hydrogen (secondary N) is 1. The van der Waals surface area contributed by atoms with E-state index in [1.807, 2.05) is 36.6 Å². The van der Waals surface area contributed by atoms with Crippen molar-refractivity contribution in [3.63, 3.8) is 0 Å². The van der Waals surface area contributed by atoms with Gasteiger partial charge in [-0.3, -0.25) is 14.9 Å². The summed E-state index contributed by atoms with van der Waals surface area (Å²) in [6.45, 7) is 6.18. The average molecular weight is 542 g/mol. The van der Waals surface area contributed by atoms with Gasteiger partial charge in [0.1, 0.15) is 5.75 Å². The number of thiophene rings is 1. The van der Waals surface area contributed by atoms with Crippen molar-refractivity contribution >= 4 is 45.9 Å². The maximum atomic E-state index is 13.3. The fourth-order valence-electron chi connectivity index (χ4n) is 4.66. The van der Waals surface area contributed by atoms with Crippen LogP contribution in [0, 0.1) is 6.92 Å². The molecule has 0 unspecified atom stereocenters. The van der Waals surface area contributed by atoms with E-state index in [1.54, 1.807) is 17.4 Å². The third-order valence-corrected chi connectivity index (χ3v) is 8.16. The number of allylic oxidation sites excluding steroid dienone is 1. The molecule has 2 aromatic carbocycles. The predicted molar refractivity (Wildman–Crippen MR) is 141 cm³/mol. The summed E-state index contributed by atoms with van der Waals surface area (Å²) in [4.78, 5) is 24.8. The van der Waals surface area contributed by atoms with E-state index in [0.29, 0.717) is 11.1 Å². The summed E-state index contributed by atoms with van der Waals surface area (Å²) in [6.07, 6.45) is -0.363. The first-order valence-electron chi connectivity index (χ1n) is 11.5. The molecular weight excluding hydrogens is 519 g/mol. The summed E-state index contributed by atoms with van der Waals surface area (Å²) < 4.78 is 44.5. The summed E-state index contributed by atoms with van der Waals surface area (Å²) in [5.74, 6) is -0.876. The Morgan fingerprint density at radius 1 is 1.05 bits per heavy atom. The van der Waals surface area contributed by atoms with E-state index in [0.717, 1.165) is 45.3 Å². The average Bonchev–Trinajstić information content (AvgIpc) is 3.44. The van der Waals surface area contributed by atoms with Crippen molar-refractivity contribution in [3.05, 3.63) is 86.0 Å². The lowest BCUT2D eigenvalue weighted by Crippen LogP contribution is -2.22. The summed E-state index contributed by atoms with van der Waals surface area (Å²) in [5.41, 5.74) is 5.14. The molecule has 1 aromatic heterocycles. The van der Waals surface area contributed by atoms with Crippen LogP contribution in [0.15, 0.2) is 58.8 Å². The Labute approximate surface area is 220 Å². The van der Waals surface area contributed by atoms with Gasteiger partial charge in [0, 0.05) is 10.4 Å². The number of aryl methyl sites for hydroxylation is 1. The van der Waals surface area contributed by atoms with Gasteiger partial charge < -0.3 is 4.74 Å². The molecule has 0 bridgehead atoms. The molecule has 2 heterocycles. The normalized spacial score (nSPS) is 18.0. The predicted octanol–water partition coefficient (Wildman–Crippen LogP) is 8.06. The molecule has 2 aliphatic rings. The zero-order valence-corrected chi connectivity index (χ0v) is 21.8. The number of hydrogen-bond acceptors (Lipinski definition) is 5. The number of halogens is 3. The molecule has 5 rings (SSSR count). The van der Waals surface area contributed by atoms with E-state index in [2.05, 4.69) is 30.0 Å². The van der Waals surface area contributed by atoms with Gasteiger partial charge in [-0.25, -0.2) is 0 Å². The Morgan fingerprint density at radius 2 is 1.84 bits per heavy atom. The van der Waals surface area contributed by atoms with Crippen LogP contribution in [0.2, 0.25) is 0 Å². The number of thioether (sulfide) groups is 1. The maximum absolute atomic E-state index is 13.3. The molecule has 1 N–H and O–H groups in total. The van der Waals surface area contributed by atoms with E-state index in [1.165, 1.54) is 18.2 Å². The number of alkyl halides is 3. The van der Waals surface area contributed by atoms with Gasteiger partial charge in [-0.05, 0) is 99.6 Å². The second-order valence-electron chi connectivity index (χ2n) is 9.55. The zero-order valence-electron chi connectivity index (χ0n) is 20.2. The zero-order chi connectivity index (χ0) is 26.5. The highest BCUT2D eigenvalue weighted by Crippen LogP contribution is 2.46. The summed E-state index contributed by atoms with van der Waals surface area (Å²) in [6, 6.07) is 12.2. The highest BCUT2D eigenvalue weighted by molar-refractivity contribution is 8.18. The minimum Gasteiger partial charge on any atom is -0.405 e. The Kier molecular flexibility index (Phi) is 6.32. The highest BCUT2D eigenvalue weighted by Gasteiger charge is 2.34. The molecule has 1 fully saturated rings. The van der Waals surface area contributed by atoms with Crippen LogP contribution < -0.4 is 10.1 Å². The Bertz CT molecular complexity index is 1490. The molecule has 1 aliphatic carbocycles. The van der Waals surface area contributed by atoms with Crippen LogP contribution in [0.4, 0.5) is 18.0 Å². The smallest absolute Gasteiger partial charge is 0.405 e. The third kappa shape index (κ3) is 5.10. The molecular formula is C28H22F3NO3S2. The molecule has 190 valence electrons. The van der Waals surface area contributed by atoms with Crippen LogP contribution in [-0.4, -0.2) is 17.5 Å². The molecule has 3 aromatic rings. The minimum absolute atomic E-state index is 0.142. The fraction of sp³-hybridized carbons (Fsp3) is 0.214. The van der Waals surface area contributed by atoms with Crippen molar-refractivity contribution < 1.29 is 27.5 Å². The van der Waals surface area contributed by atoms with E-state index in [9.17, 15) is 22.8 Å². The van der Waals surface area contributed by atoms with E-state index >= 15 is 0 Å². The Morgan fingerprint density at radius 3 is 2.49 bits per heavy atom. The molecule has 0 saturated carbocycles. The van der Waals surface area contributed by atoms with Gasteiger partial charge in [0.15, 0.2) is 0 Å². The molecule has 4 nitrogen and oxygen atoms in total. The van der Waals surface area contributed by atoms with Crippen molar-refractivity contribution in [2.75, 3.05) is 0 Å². The second-order valence-corrected chi connectivity index (χ2v) is 11.5. The van der Waals surface area contributed by atoms with Crippen LogP contribution in [0.3, 0.4) is 0 Å². The van der Waals surface area contributed by atoms with Crippen LogP contribution in [-0.2, 0) is 10.2 Å². The molecule has 0 radical (unpaired) electrons. The molecule has 0 atom stereocenters. The summed E-state index contributed by atoms with van der Waals surface area (Å²) in [7, 11) is 0. The number of rotatable bonds is 4. The number of hydrogen-bond donors (Lipinski definition) is 1. The van der Waals surface area contributed by atoms with Crippen LogP contribution in [0.5, 0.6) is 5.75 Å². The Hall–Kier alpha value is -3.30. The van der Waals surface area contributed by atoms with Gasteiger partial charge in [-0.15, -0.1) is 24.5 Å². The van der Waals surface area contributed by atoms with Gasteiger partial charge in [0.25, 0.3) is 11.1 Å². The number of fused-ring (bicyclic) bond motifs is 1. The standard InChI is InChI=1S/C28H22F3NO3S2/c1-15-11-21-19(17(8-9-27(21,2)3)23-5-4-10-36-23)14-18(15)20-12-16(6-7-22(20)35-28(29,30)31)13-24-25(33)32-26(34)37-24/h4-8,10-14H,9H2,1-3H3,(H,32,33,34). The number of imide groups is 1. The van der Waals surface area contributed by atoms with Crippen molar-refractivity contribution in [1.29, 1.82) is 0 Å². The van der Waals surface area contributed by atoms with E-state index < -0.39 is 17.5 Å². The molecule has 1 aliphatic heterocycles. The van der Waals surface area contributed by atoms with Gasteiger partial charge in [-0.2, -0.15) is 0 Å². The fourth-order valence-corrected chi connectivity index (χ4v) is 6.12. The monoisotopic (exact) mass is 541 g/mol. The maximum Gasteiger partial charge on any atom is 0.573 e. The molecule has 1 saturated heterocycles. The lowest BCUT2D eigenvalue weighted by Gasteiger charge is -2.33. The highest BCUT2D eigenvalue weighted by atomic mass is 32.2. The SMILES string of the molecule is Cc1cc2c(cc1-c1cc(C=C3SC(=O)NC3=O)ccc1OC(F)(F)F)C(c1cccs1)=CCC2(C)C. The van der Waals surface area contributed by atoms with E-state index in [4.69, 9.17) is 0 Å². The molecule has 9 heteroatoms. The first-order valence-corrected chi connectivity index (χ1v) is 13.2. The number of carbonyl (C=O) groups excluding carboxylic acids is 2. The van der Waals surface area contributed by atoms with Crippen LogP contribution in [0.25, 0.3) is 22.8 Å². The second kappa shape index (κ2) is 9.22. The quantitative estimate of drug-likeness (QED) is 0.340. The number of carbonyl (C=O) groups is 2. The van der Waals surface area contributed by atoms with Crippen molar-refractivity contribution in [2.45, 2.75) is 39.0 Å². The van der Waals surface area contributed by atoms with Crippen molar-refractivity contribution in [3.8, 4) is 16.9 Å². The van der Waals surface area contributed by atoms with Gasteiger partial charge >= 0.3 is 6.36 Å². The largest absolute Gasteiger partial charge is 0.573 e. The lowest BCUT2D eigenvalue weighted by atomic mass is 9.71. The molecule has 2 amide bonds. The Balaban J connectivity index is 1.70. The molecule has 37 heavy (non-hydrogen) atoms. The van der Waals surface area contributed by atoms with Crippen LogP contribution in [0.1, 0.15) is 47.4 Å². The first kappa shape index (κ1) is 25.4. The summed E-state index contributed by atoms with van der Waals surface area (Å²) >= 11 is 2.36. The number of ether oxygens (including phenoxy) is 1. The summed E-state index contributed by atoms with van der Waals surface area (Å²) in [5, 5.41) is 3.69. The topological polar surface area (TPSA) is 55.4 Å². The van der Waals surface area contributed by atoms with Crippen molar-refractivity contribution in [2.24, 2.45) is 0 Å². The number of amides is 2. The van der Waals surface area contributed by atoms with Gasteiger partial charge in [0.2, 0.25) is 0 Å². The van der Waals surface area contributed by atoms with Gasteiger partial charge in [-0.1, -0.05) is 38.1 Å².